The van der Waals surface area contributed by atoms with Crippen molar-refractivity contribution in [3.63, 3.8) is 0 Å². The van der Waals surface area contributed by atoms with Gasteiger partial charge in [0.15, 0.2) is 5.17 Å². The van der Waals surface area contributed by atoms with E-state index in [0.717, 1.165) is 49.7 Å². The standard InChI is InChI=1S/C30H34N4O5S/c1-3-39-29(36)26-27(21-7-5-4-6-8-21)32-30-34(28(26)22-9-11-24(37-2)12-10-22)23(20-40-30)19-25(35)31-13-14-33-15-17-38-18-16-33/h4-12,20,28H,3,13-19H2,1-2H3,(H,31,35). The highest BCUT2D eigenvalue weighted by molar-refractivity contribution is 8.16. The molecule has 3 aliphatic heterocycles. The molecular weight excluding hydrogens is 528 g/mol. The fraction of sp³-hybridized carbons (Fsp3) is 0.367. The molecule has 1 saturated heterocycles. The minimum atomic E-state index is -0.532. The van der Waals surface area contributed by atoms with Crippen molar-refractivity contribution in [2.75, 3.05) is 53.1 Å². The Morgan fingerprint density at radius 1 is 1.10 bits per heavy atom. The van der Waals surface area contributed by atoms with Crippen LogP contribution in [-0.2, 0) is 19.1 Å². The van der Waals surface area contributed by atoms with Crippen LogP contribution >= 0.6 is 11.8 Å². The zero-order chi connectivity index (χ0) is 27.9. The summed E-state index contributed by atoms with van der Waals surface area (Å²) in [6.45, 7) is 6.58. The summed E-state index contributed by atoms with van der Waals surface area (Å²) in [4.78, 5) is 35.9. The van der Waals surface area contributed by atoms with E-state index in [-0.39, 0.29) is 18.9 Å². The molecule has 2 aromatic carbocycles. The Kier molecular flexibility index (Phi) is 9.20. The number of hydrogen-bond donors (Lipinski definition) is 1. The van der Waals surface area contributed by atoms with Crippen LogP contribution in [0.15, 0.2) is 76.3 Å². The molecule has 210 valence electrons. The number of amides is 1. The lowest BCUT2D eigenvalue weighted by Gasteiger charge is -2.37. The predicted octanol–water partition coefficient (Wildman–Crippen LogP) is 3.81. The van der Waals surface area contributed by atoms with E-state index in [0.29, 0.717) is 28.7 Å². The second kappa shape index (κ2) is 13.2. The number of fused-ring (bicyclic) bond motifs is 1. The number of rotatable bonds is 10. The highest BCUT2D eigenvalue weighted by Gasteiger charge is 2.42. The average Bonchev–Trinajstić information content (AvgIpc) is 3.39. The van der Waals surface area contributed by atoms with Crippen LogP contribution < -0.4 is 10.1 Å². The average molecular weight is 563 g/mol. The van der Waals surface area contributed by atoms with E-state index in [1.807, 2.05) is 64.9 Å². The van der Waals surface area contributed by atoms with Crippen molar-refractivity contribution in [2.24, 2.45) is 4.99 Å². The fourth-order valence-corrected chi connectivity index (χ4v) is 5.91. The molecule has 40 heavy (non-hydrogen) atoms. The first-order chi connectivity index (χ1) is 19.6. The normalized spacial score (nSPS) is 19.1. The molecule has 0 aromatic heterocycles. The minimum absolute atomic E-state index is 0.0784. The van der Waals surface area contributed by atoms with E-state index in [9.17, 15) is 9.59 Å². The van der Waals surface area contributed by atoms with Gasteiger partial charge in [0.1, 0.15) is 5.75 Å². The predicted molar refractivity (Wildman–Crippen MR) is 156 cm³/mol. The Morgan fingerprint density at radius 2 is 1.85 bits per heavy atom. The zero-order valence-electron chi connectivity index (χ0n) is 22.8. The molecule has 0 bridgehead atoms. The highest BCUT2D eigenvalue weighted by Crippen LogP contribution is 2.47. The molecule has 0 aliphatic carbocycles. The molecule has 1 atom stereocenters. The number of ether oxygens (including phenoxy) is 3. The van der Waals surface area contributed by atoms with E-state index < -0.39 is 12.0 Å². The lowest BCUT2D eigenvalue weighted by Crippen LogP contribution is -2.42. The summed E-state index contributed by atoms with van der Waals surface area (Å²) >= 11 is 1.46. The van der Waals surface area contributed by atoms with Crippen LogP contribution in [-0.4, -0.2) is 80.0 Å². The van der Waals surface area contributed by atoms with Crippen molar-refractivity contribution in [3.8, 4) is 5.75 Å². The number of carbonyl (C=O) groups excluding carboxylic acids is 2. The van der Waals surface area contributed by atoms with Crippen LogP contribution in [0.3, 0.4) is 0 Å². The first-order valence-electron chi connectivity index (χ1n) is 13.5. The molecule has 1 unspecified atom stereocenters. The molecule has 0 spiro atoms. The summed E-state index contributed by atoms with van der Waals surface area (Å²) in [6, 6.07) is 16.8. The van der Waals surface area contributed by atoms with Crippen molar-refractivity contribution >= 4 is 34.5 Å². The number of benzene rings is 2. The molecular formula is C30H34N4O5S. The van der Waals surface area contributed by atoms with Crippen LogP contribution in [0.5, 0.6) is 5.75 Å². The van der Waals surface area contributed by atoms with Gasteiger partial charge in [0.05, 0.1) is 50.7 Å². The molecule has 1 N–H and O–H groups in total. The Hall–Kier alpha value is -3.60. The number of amidine groups is 1. The molecule has 0 radical (unpaired) electrons. The molecule has 9 nitrogen and oxygen atoms in total. The van der Waals surface area contributed by atoms with Gasteiger partial charge >= 0.3 is 5.97 Å². The number of carbonyl (C=O) groups is 2. The maximum Gasteiger partial charge on any atom is 0.338 e. The lowest BCUT2D eigenvalue weighted by molar-refractivity contribution is -0.139. The maximum absolute atomic E-state index is 13.6. The highest BCUT2D eigenvalue weighted by atomic mass is 32.2. The van der Waals surface area contributed by atoms with Crippen molar-refractivity contribution in [3.05, 3.63) is 82.4 Å². The van der Waals surface area contributed by atoms with Crippen molar-refractivity contribution in [2.45, 2.75) is 19.4 Å². The molecule has 3 heterocycles. The largest absolute Gasteiger partial charge is 0.497 e. The van der Waals surface area contributed by atoms with Gasteiger partial charge < -0.3 is 24.4 Å². The van der Waals surface area contributed by atoms with Gasteiger partial charge in [-0.3, -0.25) is 9.69 Å². The smallest absolute Gasteiger partial charge is 0.338 e. The third kappa shape index (κ3) is 6.24. The van der Waals surface area contributed by atoms with Crippen molar-refractivity contribution in [1.29, 1.82) is 0 Å². The Balaban J connectivity index is 1.45. The Morgan fingerprint density at radius 3 is 2.55 bits per heavy atom. The van der Waals surface area contributed by atoms with Crippen LogP contribution in [0.25, 0.3) is 5.70 Å². The Bertz CT molecular complexity index is 1300. The molecule has 0 saturated carbocycles. The van der Waals surface area contributed by atoms with Crippen LogP contribution in [0.2, 0.25) is 0 Å². The lowest BCUT2D eigenvalue weighted by atomic mass is 9.91. The maximum atomic E-state index is 13.6. The van der Waals surface area contributed by atoms with Gasteiger partial charge in [-0.15, -0.1) is 0 Å². The minimum Gasteiger partial charge on any atom is -0.497 e. The monoisotopic (exact) mass is 562 g/mol. The van der Waals surface area contributed by atoms with Gasteiger partial charge in [0, 0.05) is 37.4 Å². The summed E-state index contributed by atoms with van der Waals surface area (Å²) in [5.41, 5.74) is 3.48. The molecule has 10 heteroatoms. The SMILES string of the molecule is CCOC(=O)C1=C(c2ccccc2)N=C2SC=C(CC(=O)NCCN3CCOCC3)N2C1c1ccc(OC)cc1. The zero-order valence-corrected chi connectivity index (χ0v) is 23.6. The van der Waals surface area contributed by atoms with E-state index in [1.165, 1.54) is 11.8 Å². The van der Waals surface area contributed by atoms with E-state index in [1.54, 1.807) is 14.0 Å². The second-order valence-electron chi connectivity index (χ2n) is 9.50. The number of methoxy groups -OCH3 is 1. The summed E-state index contributed by atoms with van der Waals surface area (Å²) in [6.07, 6.45) is 0.165. The number of nitrogens with one attached hydrogen (secondary N) is 1. The first-order valence-corrected chi connectivity index (χ1v) is 14.4. The third-order valence-corrected chi connectivity index (χ3v) is 7.87. The van der Waals surface area contributed by atoms with E-state index in [4.69, 9.17) is 19.2 Å². The molecule has 1 amide bonds. The number of hydrogen-bond acceptors (Lipinski definition) is 9. The summed E-state index contributed by atoms with van der Waals surface area (Å²) in [5.74, 6) is 0.200. The fourth-order valence-electron chi connectivity index (χ4n) is 5.00. The van der Waals surface area contributed by atoms with Gasteiger partial charge in [-0.1, -0.05) is 54.2 Å². The van der Waals surface area contributed by atoms with Crippen LogP contribution in [0.1, 0.15) is 30.5 Å². The third-order valence-electron chi connectivity index (χ3n) is 6.98. The molecule has 3 aliphatic rings. The first kappa shape index (κ1) is 27.9. The van der Waals surface area contributed by atoms with E-state index >= 15 is 0 Å². The van der Waals surface area contributed by atoms with Gasteiger partial charge in [-0.2, -0.15) is 0 Å². The quantitative estimate of drug-likeness (QED) is 0.437. The summed E-state index contributed by atoms with van der Waals surface area (Å²) in [5, 5.41) is 5.72. The number of nitrogens with zero attached hydrogens (tertiary/aromatic N) is 3. The topological polar surface area (TPSA) is 92.7 Å². The van der Waals surface area contributed by atoms with Gasteiger partial charge in [-0.25, -0.2) is 9.79 Å². The number of morpholine rings is 1. The van der Waals surface area contributed by atoms with Gasteiger partial charge in [-0.05, 0) is 30.0 Å². The van der Waals surface area contributed by atoms with Crippen molar-refractivity contribution in [1.82, 2.24) is 15.1 Å². The Labute approximate surface area is 238 Å². The number of thioether (sulfide) groups is 1. The van der Waals surface area contributed by atoms with Crippen LogP contribution in [0.4, 0.5) is 0 Å². The second-order valence-corrected chi connectivity index (χ2v) is 10.3. The van der Waals surface area contributed by atoms with Crippen LogP contribution in [0, 0.1) is 0 Å². The summed E-state index contributed by atoms with van der Waals surface area (Å²) < 4.78 is 16.4. The number of esters is 1. The van der Waals surface area contributed by atoms with Gasteiger partial charge in [0.25, 0.3) is 0 Å². The molecule has 2 aromatic rings. The molecule has 1 fully saturated rings. The number of aliphatic imine (C=N–C) groups is 1. The van der Waals surface area contributed by atoms with E-state index in [2.05, 4.69) is 10.2 Å². The van der Waals surface area contributed by atoms with Gasteiger partial charge in [0.2, 0.25) is 5.91 Å². The molecule has 5 rings (SSSR count). The van der Waals surface area contributed by atoms with Crippen molar-refractivity contribution < 1.29 is 23.8 Å². The summed E-state index contributed by atoms with van der Waals surface area (Å²) in [7, 11) is 1.62.